The minimum absolute atomic E-state index is 0.512. The number of halogens is 3. The Kier molecular flexibility index (Phi) is 5.56. The Labute approximate surface area is 76.7 Å². The topological polar surface area (TPSA) is 12.0 Å². The van der Waals surface area contributed by atoms with Gasteiger partial charge in [-0.05, 0) is 13.8 Å². The van der Waals surface area contributed by atoms with Gasteiger partial charge in [-0.25, -0.2) is 0 Å². The summed E-state index contributed by atoms with van der Waals surface area (Å²) in [5.41, 5.74) is 0. The highest BCUT2D eigenvalue weighted by Crippen LogP contribution is 2.21. The van der Waals surface area contributed by atoms with Crippen LogP contribution in [0.2, 0.25) is 0 Å². The lowest BCUT2D eigenvalue weighted by atomic mass is 10.2. The van der Waals surface area contributed by atoms with Gasteiger partial charge in [0.05, 0.1) is 6.42 Å². The summed E-state index contributed by atoms with van der Waals surface area (Å²) < 4.78 is 35.4. The standard InChI is InChI=1S/C9H14F3N/c1-3-4-5-6-13-8(2)7-9(10,11)12/h8,13H,5-7H2,1-2H3. The van der Waals surface area contributed by atoms with Crippen LogP contribution in [0.15, 0.2) is 0 Å². The van der Waals surface area contributed by atoms with Crippen molar-refractivity contribution >= 4 is 0 Å². The maximum Gasteiger partial charge on any atom is 0.390 e. The van der Waals surface area contributed by atoms with Crippen LogP contribution in [0, 0.1) is 11.8 Å². The van der Waals surface area contributed by atoms with Gasteiger partial charge < -0.3 is 5.32 Å². The molecule has 76 valence electrons. The summed E-state index contributed by atoms with van der Waals surface area (Å²) in [4.78, 5) is 0. The van der Waals surface area contributed by atoms with Gasteiger partial charge in [0.1, 0.15) is 0 Å². The van der Waals surface area contributed by atoms with E-state index in [1.165, 1.54) is 6.92 Å². The molecular formula is C9H14F3N. The van der Waals surface area contributed by atoms with Gasteiger partial charge in [-0.1, -0.05) is 0 Å². The van der Waals surface area contributed by atoms with Crippen molar-refractivity contribution in [2.45, 2.75) is 38.9 Å². The molecule has 0 aromatic heterocycles. The fourth-order valence-corrected chi connectivity index (χ4v) is 0.925. The van der Waals surface area contributed by atoms with Crippen LogP contribution in [-0.2, 0) is 0 Å². The molecule has 0 heterocycles. The average Bonchev–Trinajstić information content (AvgIpc) is 1.94. The summed E-state index contributed by atoms with van der Waals surface area (Å²) in [5.74, 6) is 5.45. The van der Waals surface area contributed by atoms with Gasteiger partial charge in [-0.2, -0.15) is 13.2 Å². The highest BCUT2D eigenvalue weighted by molar-refractivity contribution is 4.95. The summed E-state index contributed by atoms with van der Waals surface area (Å²) in [5, 5.41) is 2.75. The maximum atomic E-state index is 11.8. The summed E-state index contributed by atoms with van der Waals surface area (Å²) in [7, 11) is 0. The van der Waals surface area contributed by atoms with Gasteiger partial charge in [0.25, 0.3) is 0 Å². The first-order chi connectivity index (χ1) is 5.95. The Hall–Kier alpha value is -0.690. The maximum absolute atomic E-state index is 11.8. The molecule has 0 aliphatic heterocycles. The average molecular weight is 193 g/mol. The molecule has 0 rings (SSSR count). The molecule has 0 bridgehead atoms. The van der Waals surface area contributed by atoms with Gasteiger partial charge in [0.2, 0.25) is 0 Å². The smallest absolute Gasteiger partial charge is 0.313 e. The van der Waals surface area contributed by atoms with Crippen LogP contribution < -0.4 is 5.32 Å². The molecule has 0 spiro atoms. The van der Waals surface area contributed by atoms with E-state index in [0.717, 1.165) is 0 Å². The Bertz CT molecular complexity index is 187. The van der Waals surface area contributed by atoms with E-state index < -0.39 is 18.6 Å². The zero-order valence-electron chi connectivity index (χ0n) is 7.83. The van der Waals surface area contributed by atoms with Gasteiger partial charge in [-0.3, -0.25) is 0 Å². The quantitative estimate of drug-likeness (QED) is 0.533. The third kappa shape index (κ3) is 9.22. The molecule has 0 aliphatic carbocycles. The van der Waals surface area contributed by atoms with E-state index in [1.807, 2.05) is 0 Å². The van der Waals surface area contributed by atoms with Crippen LogP contribution in [0.4, 0.5) is 13.2 Å². The van der Waals surface area contributed by atoms with Crippen LogP contribution in [-0.4, -0.2) is 18.8 Å². The van der Waals surface area contributed by atoms with Crippen molar-refractivity contribution in [3.05, 3.63) is 0 Å². The van der Waals surface area contributed by atoms with E-state index >= 15 is 0 Å². The van der Waals surface area contributed by atoms with Crippen molar-refractivity contribution in [2.75, 3.05) is 6.54 Å². The second-order valence-corrected chi connectivity index (χ2v) is 2.85. The normalized spacial score (nSPS) is 13.3. The molecule has 4 heteroatoms. The first-order valence-electron chi connectivity index (χ1n) is 4.15. The molecule has 13 heavy (non-hydrogen) atoms. The second kappa shape index (κ2) is 5.87. The number of hydrogen-bond acceptors (Lipinski definition) is 1. The first kappa shape index (κ1) is 12.3. The van der Waals surface area contributed by atoms with Crippen molar-refractivity contribution in [1.29, 1.82) is 0 Å². The van der Waals surface area contributed by atoms with Crippen LogP contribution in [0.5, 0.6) is 0 Å². The first-order valence-corrected chi connectivity index (χ1v) is 4.15. The van der Waals surface area contributed by atoms with Gasteiger partial charge >= 0.3 is 6.18 Å². The fourth-order valence-electron chi connectivity index (χ4n) is 0.925. The van der Waals surface area contributed by atoms with Crippen molar-refractivity contribution in [3.63, 3.8) is 0 Å². The summed E-state index contributed by atoms with van der Waals surface area (Å²) in [6.45, 7) is 3.74. The SMILES string of the molecule is CC#CCCNC(C)CC(F)(F)F. The van der Waals surface area contributed by atoms with Crippen molar-refractivity contribution in [1.82, 2.24) is 5.32 Å². The Morgan fingerprint density at radius 3 is 2.46 bits per heavy atom. The number of alkyl halides is 3. The summed E-state index contributed by atoms with van der Waals surface area (Å²) >= 11 is 0. The molecule has 0 aliphatic rings. The molecule has 0 amide bonds. The molecule has 1 unspecified atom stereocenters. The minimum Gasteiger partial charge on any atom is -0.313 e. The highest BCUT2D eigenvalue weighted by atomic mass is 19.4. The van der Waals surface area contributed by atoms with E-state index in [2.05, 4.69) is 17.2 Å². The molecule has 0 radical (unpaired) electrons. The number of nitrogens with one attached hydrogen (secondary N) is 1. The molecule has 0 saturated carbocycles. The van der Waals surface area contributed by atoms with Gasteiger partial charge in [-0.15, -0.1) is 11.8 Å². The monoisotopic (exact) mass is 193 g/mol. The number of hydrogen-bond donors (Lipinski definition) is 1. The molecule has 0 aromatic rings. The van der Waals surface area contributed by atoms with Gasteiger partial charge in [0, 0.05) is 19.0 Å². The summed E-state index contributed by atoms with van der Waals surface area (Å²) in [6, 6.07) is -0.529. The van der Waals surface area contributed by atoms with Crippen molar-refractivity contribution < 1.29 is 13.2 Å². The van der Waals surface area contributed by atoms with E-state index in [-0.39, 0.29) is 0 Å². The largest absolute Gasteiger partial charge is 0.390 e. The summed E-state index contributed by atoms with van der Waals surface area (Å²) in [6.07, 6.45) is -4.27. The Balaban J connectivity index is 3.50. The van der Waals surface area contributed by atoms with E-state index in [1.54, 1.807) is 6.92 Å². The molecule has 1 nitrogen and oxygen atoms in total. The Morgan fingerprint density at radius 1 is 1.38 bits per heavy atom. The molecule has 0 fully saturated rings. The van der Waals surface area contributed by atoms with Crippen LogP contribution in [0.3, 0.4) is 0 Å². The molecule has 1 atom stereocenters. The highest BCUT2D eigenvalue weighted by Gasteiger charge is 2.29. The lowest BCUT2D eigenvalue weighted by Gasteiger charge is -2.14. The third-order valence-corrected chi connectivity index (χ3v) is 1.46. The zero-order valence-corrected chi connectivity index (χ0v) is 7.83. The molecular weight excluding hydrogens is 179 g/mol. The van der Waals surface area contributed by atoms with Crippen molar-refractivity contribution in [3.8, 4) is 11.8 Å². The third-order valence-electron chi connectivity index (χ3n) is 1.46. The van der Waals surface area contributed by atoms with Gasteiger partial charge in [0.15, 0.2) is 0 Å². The molecule has 0 saturated heterocycles. The lowest BCUT2D eigenvalue weighted by Crippen LogP contribution is -2.31. The lowest BCUT2D eigenvalue weighted by molar-refractivity contribution is -0.138. The van der Waals surface area contributed by atoms with Crippen LogP contribution in [0.1, 0.15) is 26.7 Å². The van der Waals surface area contributed by atoms with E-state index in [4.69, 9.17) is 0 Å². The van der Waals surface area contributed by atoms with Crippen molar-refractivity contribution in [2.24, 2.45) is 0 Å². The molecule has 1 N–H and O–H groups in total. The minimum atomic E-state index is -4.08. The predicted molar refractivity (Wildman–Crippen MR) is 46.2 cm³/mol. The Morgan fingerprint density at radius 2 is 2.00 bits per heavy atom. The fraction of sp³-hybridized carbons (Fsp3) is 0.778. The number of rotatable bonds is 4. The zero-order chi connectivity index (χ0) is 10.3. The van der Waals surface area contributed by atoms with Crippen LogP contribution >= 0.6 is 0 Å². The van der Waals surface area contributed by atoms with E-state index in [0.29, 0.717) is 13.0 Å². The second-order valence-electron chi connectivity index (χ2n) is 2.85. The predicted octanol–water partition coefficient (Wildman–Crippen LogP) is 2.33. The van der Waals surface area contributed by atoms with Crippen LogP contribution in [0.25, 0.3) is 0 Å². The van der Waals surface area contributed by atoms with E-state index in [9.17, 15) is 13.2 Å². The molecule has 0 aromatic carbocycles.